The first-order valence-corrected chi connectivity index (χ1v) is 10.5. The number of piperidine rings is 1. The van der Waals surface area contributed by atoms with Crippen molar-refractivity contribution in [2.45, 2.75) is 51.0 Å². The average molecular weight is 381 g/mol. The first-order valence-electron chi connectivity index (χ1n) is 8.97. The van der Waals surface area contributed by atoms with Crippen LogP contribution < -0.4 is 10.0 Å². The summed E-state index contributed by atoms with van der Waals surface area (Å²) in [6, 6.07) is 4.53. The molecule has 1 aromatic carbocycles. The highest BCUT2D eigenvalue weighted by Gasteiger charge is 2.27. The van der Waals surface area contributed by atoms with Crippen LogP contribution >= 0.6 is 0 Å². The number of likely N-dealkylation sites (tertiary alicyclic amines) is 1. The number of amides is 2. The molecule has 26 heavy (non-hydrogen) atoms. The molecule has 1 atom stereocenters. The van der Waals surface area contributed by atoms with Crippen LogP contribution in [0.3, 0.4) is 0 Å². The molecular formula is C18H27N3O4S. The summed E-state index contributed by atoms with van der Waals surface area (Å²) < 4.78 is 26.9. The average Bonchev–Trinajstić information content (AvgIpc) is 2.61. The van der Waals surface area contributed by atoms with Crippen LogP contribution in [-0.4, -0.2) is 50.8 Å². The minimum atomic E-state index is -3.62. The van der Waals surface area contributed by atoms with Gasteiger partial charge >= 0.3 is 0 Å². The molecule has 2 amide bonds. The second-order valence-electron chi connectivity index (χ2n) is 6.49. The maximum atomic E-state index is 13.0. The fourth-order valence-electron chi connectivity index (χ4n) is 3.05. The van der Waals surface area contributed by atoms with Crippen molar-refractivity contribution in [1.82, 2.24) is 14.9 Å². The van der Waals surface area contributed by atoms with Gasteiger partial charge in [0.05, 0.1) is 4.90 Å². The lowest BCUT2D eigenvalue weighted by Crippen LogP contribution is -2.49. The van der Waals surface area contributed by atoms with Crippen LogP contribution in [0.2, 0.25) is 0 Å². The third-order valence-electron chi connectivity index (χ3n) is 4.48. The molecule has 0 spiro atoms. The zero-order chi connectivity index (χ0) is 19.3. The van der Waals surface area contributed by atoms with Gasteiger partial charge in [-0.2, -0.15) is 0 Å². The normalized spacial score (nSPS) is 17.8. The van der Waals surface area contributed by atoms with Gasteiger partial charge in [-0.1, -0.05) is 19.9 Å². The molecule has 2 rings (SSSR count). The van der Waals surface area contributed by atoms with E-state index in [0.29, 0.717) is 25.1 Å². The van der Waals surface area contributed by atoms with Gasteiger partial charge in [0.2, 0.25) is 15.9 Å². The van der Waals surface area contributed by atoms with Crippen LogP contribution in [0.4, 0.5) is 0 Å². The Balaban J connectivity index is 2.22. The number of hydrogen-bond donors (Lipinski definition) is 2. The molecule has 0 saturated carbocycles. The van der Waals surface area contributed by atoms with Gasteiger partial charge in [-0.15, -0.1) is 0 Å². The Kier molecular flexibility index (Phi) is 6.77. The highest BCUT2D eigenvalue weighted by Crippen LogP contribution is 2.20. The molecule has 0 radical (unpaired) electrons. The van der Waals surface area contributed by atoms with Gasteiger partial charge in [0, 0.05) is 37.7 Å². The van der Waals surface area contributed by atoms with Gasteiger partial charge < -0.3 is 10.2 Å². The molecule has 1 heterocycles. The van der Waals surface area contributed by atoms with Crippen molar-refractivity contribution in [3.8, 4) is 0 Å². The minimum Gasteiger partial charge on any atom is -0.352 e. The van der Waals surface area contributed by atoms with Crippen molar-refractivity contribution in [2.75, 3.05) is 19.6 Å². The van der Waals surface area contributed by atoms with Gasteiger partial charge in [0.25, 0.3) is 5.91 Å². The van der Waals surface area contributed by atoms with E-state index in [1.54, 1.807) is 31.7 Å². The van der Waals surface area contributed by atoms with Crippen LogP contribution in [0, 0.1) is 6.92 Å². The number of sulfonamides is 1. The van der Waals surface area contributed by atoms with Crippen LogP contribution in [-0.2, 0) is 14.8 Å². The maximum Gasteiger partial charge on any atom is 0.254 e. The standard InChI is InChI=1S/C18H27N3O4S/c1-4-17(22)20-14-7-6-10-21(12-14)18(23)16-11-15(9-8-13(16)3)26(24,25)19-5-2/h8-9,11,14,19H,4-7,10,12H2,1-3H3,(H,20,22). The molecule has 8 heteroatoms. The van der Waals surface area contributed by atoms with E-state index in [4.69, 9.17) is 0 Å². The monoisotopic (exact) mass is 381 g/mol. The topological polar surface area (TPSA) is 95.6 Å². The lowest BCUT2D eigenvalue weighted by molar-refractivity contribution is -0.121. The molecular weight excluding hydrogens is 354 g/mol. The molecule has 0 aliphatic carbocycles. The van der Waals surface area contributed by atoms with E-state index in [-0.39, 0.29) is 29.3 Å². The van der Waals surface area contributed by atoms with Gasteiger partial charge in [-0.3, -0.25) is 9.59 Å². The van der Waals surface area contributed by atoms with E-state index in [9.17, 15) is 18.0 Å². The first kappa shape index (κ1) is 20.4. The smallest absolute Gasteiger partial charge is 0.254 e. The third kappa shape index (κ3) is 4.82. The summed E-state index contributed by atoms with van der Waals surface area (Å²) in [7, 11) is -3.62. The second kappa shape index (κ2) is 8.64. The highest BCUT2D eigenvalue weighted by atomic mass is 32.2. The Morgan fingerprint density at radius 2 is 2.00 bits per heavy atom. The summed E-state index contributed by atoms with van der Waals surface area (Å²) in [6.45, 7) is 6.60. The zero-order valence-electron chi connectivity index (χ0n) is 15.5. The van der Waals surface area contributed by atoms with Crippen molar-refractivity contribution in [2.24, 2.45) is 0 Å². The SMILES string of the molecule is CCNS(=O)(=O)c1ccc(C)c(C(=O)N2CCCC(NC(=O)CC)C2)c1. The molecule has 1 aromatic rings. The Morgan fingerprint density at radius 3 is 2.65 bits per heavy atom. The van der Waals surface area contributed by atoms with Gasteiger partial charge in [-0.25, -0.2) is 13.1 Å². The molecule has 1 aliphatic rings. The van der Waals surface area contributed by atoms with Crippen molar-refractivity contribution < 1.29 is 18.0 Å². The predicted octanol–water partition coefficient (Wildman–Crippen LogP) is 1.42. The third-order valence-corrected chi connectivity index (χ3v) is 6.02. The zero-order valence-corrected chi connectivity index (χ0v) is 16.4. The lowest BCUT2D eigenvalue weighted by Gasteiger charge is -2.33. The number of nitrogens with one attached hydrogen (secondary N) is 2. The van der Waals surface area contributed by atoms with E-state index in [2.05, 4.69) is 10.0 Å². The quantitative estimate of drug-likeness (QED) is 0.779. The number of nitrogens with zero attached hydrogens (tertiary/aromatic N) is 1. The highest BCUT2D eigenvalue weighted by molar-refractivity contribution is 7.89. The van der Waals surface area contributed by atoms with Crippen molar-refractivity contribution in [3.05, 3.63) is 29.3 Å². The molecule has 1 aliphatic heterocycles. The molecule has 0 bridgehead atoms. The van der Waals surface area contributed by atoms with Crippen LogP contribution in [0.5, 0.6) is 0 Å². The largest absolute Gasteiger partial charge is 0.352 e. The summed E-state index contributed by atoms with van der Waals surface area (Å²) >= 11 is 0. The van der Waals surface area contributed by atoms with E-state index in [1.165, 1.54) is 12.1 Å². The van der Waals surface area contributed by atoms with E-state index in [1.807, 2.05) is 0 Å². The summed E-state index contributed by atoms with van der Waals surface area (Å²) in [5.41, 5.74) is 1.11. The first-order chi connectivity index (χ1) is 12.3. The number of carbonyl (C=O) groups excluding carboxylic acids is 2. The number of hydrogen-bond acceptors (Lipinski definition) is 4. The molecule has 7 nitrogen and oxygen atoms in total. The molecule has 1 fully saturated rings. The van der Waals surface area contributed by atoms with Gasteiger partial charge in [0.1, 0.15) is 0 Å². The van der Waals surface area contributed by atoms with E-state index in [0.717, 1.165) is 18.4 Å². The van der Waals surface area contributed by atoms with E-state index >= 15 is 0 Å². The van der Waals surface area contributed by atoms with Gasteiger partial charge in [-0.05, 0) is 37.5 Å². The summed E-state index contributed by atoms with van der Waals surface area (Å²) in [6.07, 6.45) is 2.05. The molecule has 1 unspecified atom stereocenters. The minimum absolute atomic E-state index is 0.0285. The number of rotatable bonds is 6. The number of benzene rings is 1. The summed E-state index contributed by atoms with van der Waals surface area (Å²) in [4.78, 5) is 26.3. The number of aryl methyl sites for hydroxylation is 1. The Morgan fingerprint density at radius 1 is 1.27 bits per heavy atom. The Hall–Kier alpha value is -1.93. The molecule has 1 saturated heterocycles. The van der Waals surface area contributed by atoms with Crippen molar-refractivity contribution >= 4 is 21.8 Å². The van der Waals surface area contributed by atoms with E-state index < -0.39 is 10.0 Å². The molecule has 2 N–H and O–H groups in total. The van der Waals surface area contributed by atoms with Gasteiger partial charge in [0.15, 0.2) is 0 Å². The predicted molar refractivity (Wildman–Crippen MR) is 99.4 cm³/mol. The Bertz CT molecular complexity index is 777. The molecule has 144 valence electrons. The summed E-state index contributed by atoms with van der Waals surface area (Å²) in [5.74, 6) is -0.231. The molecule has 0 aromatic heterocycles. The fourth-order valence-corrected chi connectivity index (χ4v) is 4.12. The van der Waals surface area contributed by atoms with Crippen molar-refractivity contribution in [3.63, 3.8) is 0 Å². The van der Waals surface area contributed by atoms with Crippen molar-refractivity contribution in [1.29, 1.82) is 0 Å². The fraction of sp³-hybridized carbons (Fsp3) is 0.556. The second-order valence-corrected chi connectivity index (χ2v) is 8.26. The summed E-state index contributed by atoms with van der Waals surface area (Å²) in [5, 5.41) is 2.93. The Labute approximate surface area is 155 Å². The van der Waals surface area contributed by atoms with Crippen LogP contribution in [0.1, 0.15) is 49.0 Å². The van der Waals surface area contributed by atoms with Crippen LogP contribution in [0.25, 0.3) is 0 Å². The number of carbonyl (C=O) groups is 2. The maximum absolute atomic E-state index is 13.0. The van der Waals surface area contributed by atoms with Crippen LogP contribution in [0.15, 0.2) is 23.1 Å². The lowest BCUT2D eigenvalue weighted by atomic mass is 10.0.